The van der Waals surface area contributed by atoms with Gasteiger partial charge in [0.15, 0.2) is 0 Å². The minimum absolute atomic E-state index is 0.526. The van der Waals surface area contributed by atoms with Gasteiger partial charge in [0.1, 0.15) is 0 Å². The fourth-order valence-electron chi connectivity index (χ4n) is 2.41. The summed E-state index contributed by atoms with van der Waals surface area (Å²) in [6, 6.07) is 0. The molecule has 2 atom stereocenters. The Balaban J connectivity index is 2.47. The van der Waals surface area contributed by atoms with Crippen molar-refractivity contribution in [3.63, 3.8) is 0 Å². The van der Waals surface area contributed by atoms with Gasteiger partial charge in [-0.25, -0.2) is 0 Å². The number of aliphatic carboxylic acids is 1. The number of allylic oxidation sites excluding steroid dienone is 3. The van der Waals surface area contributed by atoms with Crippen molar-refractivity contribution in [2.24, 2.45) is 5.92 Å². The minimum atomic E-state index is -0.891. The van der Waals surface area contributed by atoms with Gasteiger partial charge in [-0.1, -0.05) is 63.1 Å². The van der Waals surface area contributed by atoms with Gasteiger partial charge in [-0.2, -0.15) is 0 Å². The summed E-state index contributed by atoms with van der Waals surface area (Å²) in [5.41, 5.74) is 0. The molecule has 0 bridgehead atoms. The summed E-state index contributed by atoms with van der Waals surface area (Å²) in [6.45, 7) is 2.19. The molecule has 1 aliphatic carbocycles. The van der Waals surface area contributed by atoms with Gasteiger partial charge in [0.05, 0.1) is 10.8 Å². The number of alkyl halides is 1. The lowest BCUT2D eigenvalue weighted by Gasteiger charge is -2.30. The quantitative estimate of drug-likeness (QED) is 0.500. The van der Waals surface area contributed by atoms with Crippen LogP contribution >= 0.6 is 23.2 Å². The smallest absolute Gasteiger partial charge is 0.312 e. The molecular formula is C15H22Cl2O2. The van der Waals surface area contributed by atoms with Gasteiger partial charge in [-0.3, -0.25) is 4.79 Å². The third kappa shape index (κ3) is 5.19. The van der Waals surface area contributed by atoms with Crippen LogP contribution in [0.15, 0.2) is 23.3 Å². The maximum atomic E-state index is 11.2. The average molecular weight is 305 g/mol. The Morgan fingerprint density at radius 3 is 2.58 bits per heavy atom. The van der Waals surface area contributed by atoms with Crippen LogP contribution in [0.2, 0.25) is 0 Å². The monoisotopic (exact) mass is 304 g/mol. The van der Waals surface area contributed by atoms with E-state index < -0.39 is 16.8 Å². The molecule has 0 fully saturated rings. The minimum Gasteiger partial charge on any atom is -0.481 e. The summed E-state index contributed by atoms with van der Waals surface area (Å²) < 4.78 is 0. The molecule has 0 aromatic carbocycles. The van der Waals surface area contributed by atoms with E-state index in [1.54, 1.807) is 18.2 Å². The van der Waals surface area contributed by atoms with Crippen molar-refractivity contribution in [1.82, 2.24) is 0 Å². The van der Waals surface area contributed by atoms with Crippen LogP contribution in [0.25, 0.3) is 0 Å². The number of carboxylic acid groups (broad SMARTS) is 1. The molecule has 108 valence electrons. The second-order valence-electron chi connectivity index (χ2n) is 5.15. The first-order valence-corrected chi connectivity index (χ1v) is 7.73. The van der Waals surface area contributed by atoms with E-state index in [9.17, 15) is 9.90 Å². The number of rotatable bonds is 8. The highest BCUT2D eigenvalue weighted by molar-refractivity contribution is 6.34. The molecule has 0 saturated heterocycles. The van der Waals surface area contributed by atoms with E-state index in [0.29, 0.717) is 11.5 Å². The highest BCUT2D eigenvalue weighted by atomic mass is 35.5. The van der Waals surface area contributed by atoms with E-state index >= 15 is 0 Å². The summed E-state index contributed by atoms with van der Waals surface area (Å²) in [6.07, 6.45) is 12.5. The van der Waals surface area contributed by atoms with Crippen molar-refractivity contribution in [3.05, 3.63) is 23.3 Å². The molecule has 1 N–H and O–H groups in total. The Kier molecular flexibility index (Phi) is 6.95. The number of hydrogen-bond acceptors (Lipinski definition) is 1. The molecule has 0 saturated carbocycles. The Morgan fingerprint density at radius 1 is 1.32 bits per heavy atom. The third-order valence-corrected chi connectivity index (χ3v) is 4.29. The van der Waals surface area contributed by atoms with Gasteiger partial charge < -0.3 is 5.11 Å². The van der Waals surface area contributed by atoms with Crippen molar-refractivity contribution < 1.29 is 9.90 Å². The highest BCUT2D eigenvalue weighted by Gasteiger charge is 2.39. The molecule has 2 nitrogen and oxygen atoms in total. The first kappa shape index (κ1) is 16.6. The van der Waals surface area contributed by atoms with Crippen LogP contribution in [-0.2, 0) is 4.79 Å². The van der Waals surface area contributed by atoms with Gasteiger partial charge in [0.25, 0.3) is 0 Å². The zero-order valence-electron chi connectivity index (χ0n) is 11.4. The predicted molar refractivity (Wildman–Crippen MR) is 80.8 cm³/mol. The Morgan fingerprint density at radius 2 is 1.95 bits per heavy atom. The molecule has 4 heteroatoms. The van der Waals surface area contributed by atoms with Crippen LogP contribution in [0, 0.1) is 5.92 Å². The molecule has 0 spiro atoms. The summed E-state index contributed by atoms with van der Waals surface area (Å²) in [5.74, 6) is -1.58. The maximum Gasteiger partial charge on any atom is 0.312 e. The number of unbranched alkanes of at least 4 members (excludes halogenated alkanes) is 5. The zero-order chi connectivity index (χ0) is 14.3. The fourth-order valence-corrected chi connectivity index (χ4v) is 3.15. The lowest BCUT2D eigenvalue weighted by Crippen LogP contribution is -2.36. The molecule has 0 aromatic rings. The van der Waals surface area contributed by atoms with Crippen LogP contribution < -0.4 is 0 Å². The molecule has 0 radical (unpaired) electrons. The number of carboxylic acids is 1. The molecule has 1 aliphatic rings. The standard InChI is InChI=1S/C15H22Cl2O2/c1-2-3-4-5-6-7-10-15(17)11-12(16)8-9-13(15)14(18)19/h8-9,11,13H,2-7,10H2,1H3,(H,18,19). The average Bonchev–Trinajstić information content (AvgIpc) is 2.33. The van der Waals surface area contributed by atoms with Crippen molar-refractivity contribution >= 4 is 29.2 Å². The van der Waals surface area contributed by atoms with E-state index in [1.165, 1.54) is 25.7 Å². The first-order chi connectivity index (χ1) is 8.99. The van der Waals surface area contributed by atoms with E-state index in [-0.39, 0.29) is 0 Å². The van der Waals surface area contributed by atoms with Gasteiger partial charge in [0.2, 0.25) is 0 Å². The summed E-state index contributed by atoms with van der Waals surface area (Å²) in [5, 5.41) is 9.75. The molecule has 0 amide bonds. The predicted octanol–water partition coefficient (Wildman–Crippen LogP) is 5.11. The van der Waals surface area contributed by atoms with Gasteiger partial charge >= 0.3 is 5.97 Å². The lowest BCUT2D eigenvalue weighted by molar-refractivity contribution is -0.140. The summed E-state index contributed by atoms with van der Waals surface area (Å²) in [7, 11) is 0. The van der Waals surface area contributed by atoms with Crippen LogP contribution in [0.5, 0.6) is 0 Å². The topological polar surface area (TPSA) is 37.3 Å². The number of carbonyl (C=O) groups is 1. The van der Waals surface area contributed by atoms with E-state index in [4.69, 9.17) is 23.2 Å². The van der Waals surface area contributed by atoms with Crippen molar-refractivity contribution in [2.45, 2.75) is 56.7 Å². The molecule has 0 heterocycles. The molecule has 1 rings (SSSR count). The largest absolute Gasteiger partial charge is 0.481 e. The maximum absolute atomic E-state index is 11.2. The third-order valence-electron chi connectivity index (χ3n) is 3.52. The van der Waals surface area contributed by atoms with Gasteiger partial charge in [-0.05, 0) is 18.6 Å². The molecule has 2 unspecified atom stereocenters. The molecule has 19 heavy (non-hydrogen) atoms. The van der Waals surface area contributed by atoms with E-state index in [1.807, 2.05) is 0 Å². The van der Waals surface area contributed by atoms with Crippen molar-refractivity contribution in [2.75, 3.05) is 0 Å². The number of halogens is 2. The van der Waals surface area contributed by atoms with Crippen molar-refractivity contribution in [1.29, 1.82) is 0 Å². The second-order valence-corrected chi connectivity index (χ2v) is 6.29. The van der Waals surface area contributed by atoms with Crippen LogP contribution in [0.1, 0.15) is 51.9 Å². The van der Waals surface area contributed by atoms with Gasteiger partial charge in [0, 0.05) is 5.03 Å². The van der Waals surface area contributed by atoms with Crippen LogP contribution in [0.4, 0.5) is 0 Å². The number of hydrogen-bond donors (Lipinski definition) is 1. The summed E-state index contributed by atoms with van der Waals surface area (Å²) >= 11 is 12.4. The molecular weight excluding hydrogens is 283 g/mol. The van der Waals surface area contributed by atoms with Crippen LogP contribution in [-0.4, -0.2) is 16.0 Å². The van der Waals surface area contributed by atoms with Gasteiger partial charge in [-0.15, -0.1) is 11.6 Å². The lowest BCUT2D eigenvalue weighted by atomic mass is 9.83. The fraction of sp³-hybridized carbons (Fsp3) is 0.667. The van der Waals surface area contributed by atoms with Crippen molar-refractivity contribution in [3.8, 4) is 0 Å². The first-order valence-electron chi connectivity index (χ1n) is 6.98. The second kappa shape index (κ2) is 7.96. The van der Waals surface area contributed by atoms with E-state index in [2.05, 4.69) is 6.92 Å². The molecule has 0 aromatic heterocycles. The summed E-state index contributed by atoms with van der Waals surface area (Å²) in [4.78, 5) is 10.4. The highest BCUT2D eigenvalue weighted by Crippen LogP contribution is 2.39. The SMILES string of the molecule is CCCCCCCCC1(Cl)C=C(Cl)C=CC1C(=O)O. The Hall–Kier alpha value is -0.470. The normalized spacial score (nSPS) is 26.3. The van der Waals surface area contributed by atoms with Crippen LogP contribution in [0.3, 0.4) is 0 Å². The zero-order valence-corrected chi connectivity index (χ0v) is 12.9. The molecule has 0 aliphatic heterocycles. The Labute approximate surface area is 125 Å². The Bertz CT molecular complexity index is 363. The van der Waals surface area contributed by atoms with E-state index in [0.717, 1.165) is 12.8 Å².